The van der Waals surface area contributed by atoms with Crippen LogP contribution in [0.4, 0.5) is 8.78 Å². The van der Waals surface area contributed by atoms with Crippen molar-refractivity contribution in [2.24, 2.45) is 0 Å². The van der Waals surface area contributed by atoms with Crippen molar-refractivity contribution in [1.82, 2.24) is 24.1 Å². The molecular formula is C55H45F2N6O2+. The van der Waals surface area contributed by atoms with Crippen LogP contribution in [0.25, 0.3) is 94.0 Å². The van der Waals surface area contributed by atoms with E-state index in [1.54, 1.807) is 6.20 Å². The van der Waals surface area contributed by atoms with Gasteiger partial charge in [0.1, 0.15) is 23.1 Å². The number of imidazole rings is 1. The number of hydrogen-bond acceptors (Lipinski definition) is 5. The third kappa shape index (κ3) is 5.72. The van der Waals surface area contributed by atoms with E-state index < -0.39 is 11.6 Å². The molecule has 8 nitrogen and oxygen atoms in total. The molecule has 65 heavy (non-hydrogen) atoms. The van der Waals surface area contributed by atoms with E-state index >= 15 is 8.78 Å². The molecule has 11 aromatic rings. The number of hydrogen-bond donors (Lipinski definition) is 0. The molecule has 0 atom stereocenters. The summed E-state index contributed by atoms with van der Waals surface area (Å²) in [4.78, 5) is 14.4. The average molecular weight is 860 g/mol. The lowest BCUT2D eigenvalue weighted by Crippen LogP contribution is -2.53. The zero-order chi connectivity index (χ0) is 44.7. The molecule has 5 aromatic carbocycles. The molecule has 0 saturated heterocycles. The second kappa shape index (κ2) is 13.8. The van der Waals surface area contributed by atoms with Crippen molar-refractivity contribution in [2.75, 3.05) is 0 Å². The number of fused-ring (bicyclic) bond motifs is 7. The van der Waals surface area contributed by atoms with Crippen LogP contribution < -0.4 is 9.30 Å². The molecule has 1 aliphatic heterocycles. The number of aromatic nitrogens is 6. The monoisotopic (exact) mass is 859 g/mol. The Bertz CT molecular complexity index is 3750. The van der Waals surface area contributed by atoms with E-state index in [2.05, 4.69) is 74.7 Å². The second-order valence-electron chi connectivity index (χ2n) is 18.9. The molecule has 0 bridgehead atoms. The molecule has 0 N–H and O–H groups in total. The fourth-order valence-electron chi connectivity index (χ4n) is 10.1. The maximum absolute atomic E-state index is 17.4. The van der Waals surface area contributed by atoms with Crippen LogP contribution in [0.15, 0.2) is 138 Å². The number of para-hydroxylation sites is 1. The minimum Gasteiger partial charge on any atom is -0.457 e. The van der Waals surface area contributed by atoms with Crippen LogP contribution in [0.2, 0.25) is 0 Å². The summed E-state index contributed by atoms with van der Waals surface area (Å²) < 4.78 is 52.7. The average Bonchev–Trinajstić information content (AvgIpc) is 4.03. The number of alkyl halides is 2. The summed E-state index contributed by atoms with van der Waals surface area (Å²) in [6, 6.07) is 40.4. The van der Waals surface area contributed by atoms with Crippen molar-refractivity contribution < 1.29 is 22.5 Å². The Labute approximate surface area is 373 Å². The van der Waals surface area contributed by atoms with Gasteiger partial charge >= 0.3 is 11.9 Å². The van der Waals surface area contributed by atoms with Gasteiger partial charge in [-0.05, 0) is 107 Å². The Hall–Kier alpha value is -7.46. The highest BCUT2D eigenvalue weighted by atomic mass is 19.3. The van der Waals surface area contributed by atoms with Gasteiger partial charge in [-0.2, -0.15) is 4.57 Å². The summed E-state index contributed by atoms with van der Waals surface area (Å²) >= 11 is 0. The highest BCUT2D eigenvalue weighted by Gasteiger charge is 2.57. The molecule has 0 radical (unpaired) electrons. The van der Waals surface area contributed by atoms with Crippen LogP contribution in [0, 0.1) is 0 Å². The van der Waals surface area contributed by atoms with Crippen LogP contribution in [0.5, 0.6) is 11.5 Å². The zero-order valence-electron chi connectivity index (χ0n) is 37.1. The molecule has 0 aliphatic carbocycles. The van der Waals surface area contributed by atoms with E-state index in [1.807, 2.05) is 106 Å². The number of nitrogens with zero attached hydrogens (tertiary/aromatic N) is 6. The van der Waals surface area contributed by atoms with Crippen LogP contribution in [0.1, 0.15) is 77.3 Å². The Balaban J connectivity index is 1.11. The van der Waals surface area contributed by atoms with E-state index in [1.165, 1.54) is 16.7 Å². The number of furan rings is 1. The fourth-order valence-corrected chi connectivity index (χ4v) is 10.1. The number of benzene rings is 5. The van der Waals surface area contributed by atoms with Crippen molar-refractivity contribution in [3.05, 3.63) is 151 Å². The molecule has 0 unspecified atom stereocenters. The van der Waals surface area contributed by atoms with Crippen molar-refractivity contribution >= 4 is 65.8 Å². The number of ether oxygens (including phenoxy) is 1. The Morgan fingerprint density at radius 2 is 1.46 bits per heavy atom. The fraction of sp³-hybridized carbons (Fsp3) is 0.200. The van der Waals surface area contributed by atoms with Gasteiger partial charge < -0.3 is 9.15 Å². The van der Waals surface area contributed by atoms with Gasteiger partial charge in [-0.15, -0.1) is 8.78 Å². The molecule has 0 fully saturated rings. The highest BCUT2D eigenvalue weighted by molar-refractivity contribution is 6.13. The first-order valence-electron chi connectivity index (χ1n) is 22.2. The summed E-state index contributed by atoms with van der Waals surface area (Å²) in [6.45, 7) is 14.6. The number of pyridine rings is 3. The maximum Gasteiger partial charge on any atom is 0.570 e. The Morgan fingerprint density at radius 3 is 2.22 bits per heavy atom. The zero-order valence-corrected chi connectivity index (χ0v) is 37.1. The SMILES string of the molecule is CC(C)c1cccc(C(C)C)c1-c1ccnc(-c2cc(Oc3ccc4c5ccccc5n(-c5ccccn5)c4c3)cc3c2oc2c3cc3ccc4nc(C(C)(C)C)n5c4c3[n+]2C5(F)F)c1. The first-order valence-corrected chi connectivity index (χ1v) is 22.2. The molecule has 0 saturated carbocycles. The van der Waals surface area contributed by atoms with Gasteiger partial charge in [-0.25, -0.2) is 9.97 Å². The van der Waals surface area contributed by atoms with Gasteiger partial charge in [-0.3, -0.25) is 9.55 Å². The molecule has 6 aromatic heterocycles. The second-order valence-corrected chi connectivity index (χ2v) is 18.9. The standard InChI is InChI=1S/C55H45F2N6O2/c1-30(2)36-14-12-15-37(31(3)4)48(36)32-22-24-58-44(26-32)42-28-35(64-34-19-20-39-38-13-8-9-16-45(38)61(46(39)29-34)47-17-10-11-23-59-47)27-40-41-25-33-18-21-43-50-49(33)62(52(41)65-51(40)42)55(56,57)63(50)53(60-43)54(5,6)7/h8-31H,1-7H3/q+1. The Morgan fingerprint density at radius 1 is 0.692 bits per heavy atom. The van der Waals surface area contributed by atoms with E-state index in [-0.39, 0.29) is 17.5 Å². The third-order valence-electron chi connectivity index (χ3n) is 13.0. The molecule has 0 spiro atoms. The lowest BCUT2D eigenvalue weighted by molar-refractivity contribution is -0.788. The molecule has 1 aliphatic rings. The summed E-state index contributed by atoms with van der Waals surface area (Å²) in [5.41, 5.74) is 9.00. The molecule has 10 heteroatoms. The van der Waals surface area contributed by atoms with E-state index in [0.717, 1.165) is 42.3 Å². The largest absolute Gasteiger partial charge is 0.570 e. The first kappa shape index (κ1) is 39.2. The van der Waals surface area contributed by atoms with Gasteiger partial charge in [0.15, 0.2) is 11.1 Å². The lowest BCUT2D eigenvalue weighted by atomic mass is 9.85. The molecular weight excluding hydrogens is 815 g/mol. The van der Waals surface area contributed by atoms with Gasteiger partial charge in [0.25, 0.3) is 0 Å². The first-order chi connectivity index (χ1) is 31.3. The van der Waals surface area contributed by atoms with Crippen molar-refractivity contribution in [3.8, 4) is 39.7 Å². The predicted octanol–water partition coefficient (Wildman–Crippen LogP) is 14.3. The maximum atomic E-state index is 17.4. The summed E-state index contributed by atoms with van der Waals surface area (Å²) in [6.07, 6.45) is 0.0975. The molecule has 12 rings (SSSR count). The van der Waals surface area contributed by atoms with E-state index in [9.17, 15) is 0 Å². The molecule has 320 valence electrons. The summed E-state index contributed by atoms with van der Waals surface area (Å²) in [5.74, 6) is 2.74. The van der Waals surface area contributed by atoms with Crippen molar-refractivity contribution in [3.63, 3.8) is 0 Å². The summed E-state index contributed by atoms with van der Waals surface area (Å²) in [5, 5.41) is 3.97. The van der Waals surface area contributed by atoms with Crippen molar-refractivity contribution in [1.29, 1.82) is 0 Å². The van der Waals surface area contributed by atoms with E-state index in [0.29, 0.717) is 66.9 Å². The topological polar surface area (TPSA) is 74.8 Å². The molecule has 0 amide bonds. The van der Waals surface area contributed by atoms with Gasteiger partial charge in [0.2, 0.25) is 5.52 Å². The van der Waals surface area contributed by atoms with Crippen LogP contribution in [-0.4, -0.2) is 24.1 Å². The van der Waals surface area contributed by atoms with E-state index in [4.69, 9.17) is 24.1 Å². The van der Waals surface area contributed by atoms with Gasteiger partial charge in [0.05, 0.1) is 27.6 Å². The smallest absolute Gasteiger partial charge is 0.457 e. The minimum absolute atomic E-state index is 0.0525. The van der Waals surface area contributed by atoms with Gasteiger partial charge in [0, 0.05) is 51.0 Å². The Kier molecular flexibility index (Phi) is 8.30. The van der Waals surface area contributed by atoms with Crippen molar-refractivity contribution in [2.45, 2.75) is 71.9 Å². The number of halogens is 2. The quantitative estimate of drug-likeness (QED) is 0.149. The lowest BCUT2D eigenvalue weighted by Gasteiger charge is -2.20. The van der Waals surface area contributed by atoms with Crippen LogP contribution >= 0.6 is 0 Å². The highest BCUT2D eigenvalue weighted by Crippen LogP contribution is 2.46. The number of rotatable bonds is 7. The predicted molar refractivity (Wildman–Crippen MR) is 254 cm³/mol. The third-order valence-corrected chi connectivity index (χ3v) is 13.0. The van der Waals surface area contributed by atoms with Crippen LogP contribution in [0.3, 0.4) is 0 Å². The van der Waals surface area contributed by atoms with Crippen LogP contribution in [-0.2, 0) is 11.6 Å². The van der Waals surface area contributed by atoms with Gasteiger partial charge in [-0.1, -0.05) is 95.5 Å². The molecule has 7 heterocycles. The summed E-state index contributed by atoms with van der Waals surface area (Å²) in [7, 11) is 0. The normalized spacial score (nSPS) is 13.7. The minimum atomic E-state index is -3.51.